The van der Waals surface area contributed by atoms with Gasteiger partial charge in [-0.05, 0) is 31.2 Å². The SMILES string of the molecule is Cc1ccc(C(=O)NC[C@H](O)COc2ccccc2)c(=O)[nH]1. The van der Waals surface area contributed by atoms with Crippen LogP contribution in [0, 0.1) is 6.92 Å². The van der Waals surface area contributed by atoms with E-state index in [1.54, 1.807) is 25.1 Å². The maximum Gasteiger partial charge on any atom is 0.260 e. The summed E-state index contributed by atoms with van der Waals surface area (Å²) in [5.41, 5.74) is 0.243. The molecule has 1 aromatic heterocycles. The molecule has 0 fully saturated rings. The number of aromatic amines is 1. The summed E-state index contributed by atoms with van der Waals surface area (Å²) in [6.07, 6.45) is -0.867. The number of amides is 1. The van der Waals surface area contributed by atoms with Gasteiger partial charge in [-0.1, -0.05) is 18.2 Å². The molecule has 116 valence electrons. The fraction of sp³-hybridized carbons (Fsp3) is 0.250. The smallest absolute Gasteiger partial charge is 0.260 e. The number of benzene rings is 1. The van der Waals surface area contributed by atoms with Gasteiger partial charge in [0, 0.05) is 12.2 Å². The van der Waals surface area contributed by atoms with Crippen LogP contribution in [0.2, 0.25) is 0 Å². The number of para-hydroxylation sites is 1. The summed E-state index contributed by atoms with van der Waals surface area (Å²) in [6, 6.07) is 12.2. The van der Waals surface area contributed by atoms with Gasteiger partial charge in [0.05, 0.1) is 0 Å². The molecule has 2 aromatic rings. The highest BCUT2D eigenvalue weighted by atomic mass is 16.5. The molecule has 1 aromatic carbocycles. The number of hydrogen-bond donors (Lipinski definition) is 3. The van der Waals surface area contributed by atoms with Crippen molar-refractivity contribution in [2.24, 2.45) is 0 Å². The van der Waals surface area contributed by atoms with Crippen molar-refractivity contribution in [1.82, 2.24) is 10.3 Å². The van der Waals surface area contributed by atoms with Crippen LogP contribution in [-0.4, -0.2) is 35.3 Å². The maximum atomic E-state index is 11.9. The van der Waals surface area contributed by atoms with Gasteiger partial charge in [0.15, 0.2) is 0 Å². The lowest BCUT2D eigenvalue weighted by Crippen LogP contribution is -2.37. The number of aliphatic hydroxyl groups is 1. The van der Waals surface area contributed by atoms with Crippen LogP contribution in [0.3, 0.4) is 0 Å². The molecule has 6 heteroatoms. The molecule has 0 saturated heterocycles. The number of aliphatic hydroxyl groups excluding tert-OH is 1. The summed E-state index contributed by atoms with van der Waals surface area (Å²) >= 11 is 0. The second-order valence-corrected chi connectivity index (χ2v) is 4.87. The first kappa shape index (κ1) is 15.8. The average Bonchev–Trinajstić information content (AvgIpc) is 2.51. The van der Waals surface area contributed by atoms with Crippen molar-refractivity contribution in [3.05, 3.63) is 64.1 Å². The number of ether oxygens (including phenoxy) is 1. The van der Waals surface area contributed by atoms with Crippen molar-refractivity contribution in [3.8, 4) is 5.75 Å². The minimum Gasteiger partial charge on any atom is -0.491 e. The average molecular weight is 302 g/mol. The minimum absolute atomic E-state index is 0.00101. The van der Waals surface area contributed by atoms with Crippen LogP contribution in [0.15, 0.2) is 47.3 Å². The van der Waals surface area contributed by atoms with Gasteiger partial charge in [-0.15, -0.1) is 0 Å². The van der Waals surface area contributed by atoms with Crippen molar-refractivity contribution < 1.29 is 14.6 Å². The summed E-state index contributed by atoms with van der Waals surface area (Å²) in [4.78, 5) is 26.1. The number of pyridine rings is 1. The lowest BCUT2D eigenvalue weighted by Gasteiger charge is -2.13. The van der Waals surface area contributed by atoms with E-state index in [0.29, 0.717) is 11.4 Å². The Morgan fingerprint density at radius 2 is 2.00 bits per heavy atom. The molecule has 0 bridgehead atoms. The third-order valence-electron chi connectivity index (χ3n) is 2.98. The third-order valence-corrected chi connectivity index (χ3v) is 2.98. The highest BCUT2D eigenvalue weighted by Gasteiger charge is 2.12. The number of nitrogens with one attached hydrogen (secondary N) is 2. The largest absolute Gasteiger partial charge is 0.491 e. The molecule has 1 amide bonds. The van der Waals surface area contributed by atoms with E-state index in [0.717, 1.165) is 0 Å². The van der Waals surface area contributed by atoms with Crippen LogP contribution in [0.5, 0.6) is 5.75 Å². The Balaban J connectivity index is 1.81. The lowest BCUT2D eigenvalue weighted by molar-refractivity contribution is 0.0842. The highest BCUT2D eigenvalue weighted by Crippen LogP contribution is 2.08. The number of aryl methyl sites for hydroxylation is 1. The molecule has 6 nitrogen and oxygen atoms in total. The second kappa shape index (κ2) is 7.42. The standard InChI is InChI=1S/C16H18N2O4/c1-11-7-8-14(16(21)18-11)15(20)17-9-12(19)10-22-13-5-3-2-4-6-13/h2-8,12,19H,9-10H2,1H3,(H,17,20)(H,18,21)/t12-/m0/s1. The topological polar surface area (TPSA) is 91.4 Å². The van der Waals surface area contributed by atoms with Gasteiger partial charge in [0.2, 0.25) is 0 Å². The van der Waals surface area contributed by atoms with Gasteiger partial charge < -0.3 is 20.1 Å². The first-order valence-electron chi connectivity index (χ1n) is 6.90. The molecule has 22 heavy (non-hydrogen) atoms. The molecular weight excluding hydrogens is 284 g/mol. The second-order valence-electron chi connectivity index (χ2n) is 4.87. The maximum absolute atomic E-state index is 11.9. The number of H-pyrrole nitrogens is 1. The third kappa shape index (κ3) is 4.46. The van der Waals surface area contributed by atoms with E-state index < -0.39 is 17.6 Å². The quantitative estimate of drug-likeness (QED) is 0.738. The molecule has 1 heterocycles. The summed E-state index contributed by atoms with van der Waals surface area (Å²) in [5.74, 6) is 0.114. The summed E-state index contributed by atoms with van der Waals surface area (Å²) in [5, 5.41) is 12.3. The van der Waals surface area contributed by atoms with Crippen LogP contribution in [0.25, 0.3) is 0 Å². The lowest BCUT2D eigenvalue weighted by atomic mass is 10.2. The molecule has 0 saturated carbocycles. The molecule has 2 rings (SSSR count). The van der Waals surface area contributed by atoms with Gasteiger partial charge in [0.25, 0.3) is 11.5 Å². The molecule has 1 atom stereocenters. The van der Waals surface area contributed by atoms with Crippen LogP contribution >= 0.6 is 0 Å². The van der Waals surface area contributed by atoms with E-state index >= 15 is 0 Å². The predicted octanol–water partition coefficient (Wildman–Crippen LogP) is 0.853. The zero-order chi connectivity index (χ0) is 15.9. The van der Waals surface area contributed by atoms with Crippen molar-refractivity contribution in [1.29, 1.82) is 0 Å². The summed E-state index contributed by atoms with van der Waals surface area (Å²) < 4.78 is 5.38. The Morgan fingerprint density at radius 1 is 1.27 bits per heavy atom. The van der Waals surface area contributed by atoms with Crippen LogP contribution in [0.1, 0.15) is 16.1 Å². The molecule has 0 unspecified atom stereocenters. The fourth-order valence-corrected chi connectivity index (χ4v) is 1.82. The van der Waals surface area contributed by atoms with Crippen LogP contribution < -0.4 is 15.6 Å². The highest BCUT2D eigenvalue weighted by molar-refractivity contribution is 5.93. The van der Waals surface area contributed by atoms with Gasteiger partial charge in [-0.25, -0.2) is 0 Å². The van der Waals surface area contributed by atoms with Crippen LogP contribution in [-0.2, 0) is 0 Å². The monoisotopic (exact) mass is 302 g/mol. The predicted molar refractivity (Wildman–Crippen MR) is 82.1 cm³/mol. The summed E-state index contributed by atoms with van der Waals surface area (Å²) in [7, 11) is 0. The van der Waals surface area contributed by atoms with E-state index in [9.17, 15) is 14.7 Å². The number of carbonyl (C=O) groups excluding carboxylic acids is 1. The Morgan fingerprint density at radius 3 is 2.68 bits per heavy atom. The molecule has 0 aliphatic heterocycles. The molecule has 3 N–H and O–H groups in total. The number of aromatic nitrogens is 1. The fourth-order valence-electron chi connectivity index (χ4n) is 1.82. The molecular formula is C16H18N2O4. The first-order valence-corrected chi connectivity index (χ1v) is 6.90. The van der Waals surface area contributed by atoms with E-state index in [2.05, 4.69) is 10.3 Å². The Hall–Kier alpha value is -2.60. The van der Waals surface area contributed by atoms with Crippen LogP contribution in [0.4, 0.5) is 0 Å². The molecule has 0 aliphatic rings. The number of rotatable bonds is 6. The minimum atomic E-state index is -0.867. The first-order chi connectivity index (χ1) is 10.6. The van der Waals surface area contributed by atoms with E-state index in [1.807, 2.05) is 18.2 Å². The number of carbonyl (C=O) groups is 1. The molecule has 0 radical (unpaired) electrons. The van der Waals surface area contributed by atoms with Gasteiger partial charge in [-0.2, -0.15) is 0 Å². The molecule has 0 aliphatic carbocycles. The van der Waals surface area contributed by atoms with Crippen molar-refractivity contribution in [2.75, 3.05) is 13.2 Å². The van der Waals surface area contributed by atoms with E-state index in [1.165, 1.54) is 6.07 Å². The Kier molecular flexibility index (Phi) is 5.32. The summed E-state index contributed by atoms with van der Waals surface area (Å²) in [6.45, 7) is 1.78. The van der Waals surface area contributed by atoms with E-state index in [4.69, 9.17) is 4.74 Å². The van der Waals surface area contributed by atoms with Gasteiger partial charge >= 0.3 is 0 Å². The number of hydrogen-bond acceptors (Lipinski definition) is 4. The zero-order valence-corrected chi connectivity index (χ0v) is 12.2. The Bertz CT molecular complexity index is 682. The molecule has 0 spiro atoms. The normalized spacial score (nSPS) is 11.7. The van der Waals surface area contributed by atoms with Gasteiger partial charge in [-0.3, -0.25) is 9.59 Å². The Labute approximate surface area is 127 Å². The zero-order valence-electron chi connectivity index (χ0n) is 12.2. The van der Waals surface area contributed by atoms with Gasteiger partial charge in [0.1, 0.15) is 24.0 Å². The van der Waals surface area contributed by atoms with Crippen molar-refractivity contribution >= 4 is 5.91 Å². The van der Waals surface area contributed by atoms with E-state index in [-0.39, 0.29) is 18.7 Å². The van der Waals surface area contributed by atoms with Crippen molar-refractivity contribution in [3.63, 3.8) is 0 Å². The van der Waals surface area contributed by atoms with Crippen molar-refractivity contribution in [2.45, 2.75) is 13.0 Å².